The third kappa shape index (κ3) is 2.57. The molecule has 1 aliphatic rings. The van der Waals surface area contributed by atoms with Crippen molar-refractivity contribution in [2.24, 2.45) is 0 Å². The summed E-state index contributed by atoms with van der Waals surface area (Å²) in [5.41, 5.74) is 0. The first-order valence-electron chi connectivity index (χ1n) is 6.27. The lowest BCUT2D eigenvalue weighted by molar-refractivity contribution is 0.533. The van der Waals surface area contributed by atoms with E-state index in [4.69, 9.17) is 0 Å². The number of nitrogens with one attached hydrogen (secondary N) is 1. The number of rotatable bonds is 4. The molecule has 1 aromatic rings. The highest BCUT2D eigenvalue weighted by Gasteiger charge is 2.36. The third-order valence-electron chi connectivity index (χ3n) is 3.46. The minimum absolute atomic E-state index is 0.160. The van der Waals surface area contributed by atoms with Gasteiger partial charge in [0.1, 0.15) is 10.7 Å². The highest BCUT2D eigenvalue weighted by molar-refractivity contribution is 7.92. The molecule has 0 radical (unpaired) electrons. The van der Waals surface area contributed by atoms with Crippen LogP contribution in [-0.2, 0) is 9.84 Å². The fourth-order valence-electron chi connectivity index (χ4n) is 2.55. The van der Waals surface area contributed by atoms with Crippen LogP contribution in [0.1, 0.15) is 26.2 Å². The minimum atomic E-state index is -3.54. The maximum atomic E-state index is 13.6. The molecule has 2 unspecified atom stereocenters. The predicted octanol–water partition coefficient (Wildman–Crippen LogP) is 2.13. The van der Waals surface area contributed by atoms with Crippen molar-refractivity contribution in [2.75, 3.05) is 6.54 Å². The van der Waals surface area contributed by atoms with E-state index in [0.29, 0.717) is 12.8 Å². The van der Waals surface area contributed by atoms with Crippen molar-refractivity contribution in [2.45, 2.75) is 42.4 Å². The van der Waals surface area contributed by atoms with Gasteiger partial charge in [-0.25, -0.2) is 12.8 Å². The number of benzene rings is 1. The summed E-state index contributed by atoms with van der Waals surface area (Å²) in [6.45, 7) is 2.83. The van der Waals surface area contributed by atoms with Crippen molar-refractivity contribution in [1.29, 1.82) is 0 Å². The molecule has 1 fully saturated rings. The summed E-state index contributed by atoms with van der Waals surface area (Å²) in [4.78, 5) is -0.160. The lowest BCUT2D eigenvalue weighted by Gasteiger charge is -2.13. The van der Waals surface area contributed by atoms with Crippen molar-refractivity contribution < 1.29 is 12.8 Å². The normalized spacial score (nSPS) is 24.3. The van der Waals surface area contributed by atoms with Crippen molar-refractivity contribution in [1.82, 2.24) is 5.32 Å². The molecule has 18 heavy (non-hydrogen) atoms. The monoisotopic (exact) mass is 271 g/mol. The zero-order valence-corrected chi connectivity index (χ0v) is 11.2. The number of hydrogen-bond acceptors (Lipinski definition) is 3. The second-order valence-corrected chi connectivity index (χ2v) is 6.86. The summed E-state index contributed by atoms with van der Waals surface area (Å²) >= 11 is 0. The Morgan fingerprint density at radius 3 is 2.72 bits per heavy atom. The van der Waals surface area contributed by atoms with Crippen LogP contribution in [-0.4, -0.2) is 26.3 Å². The van der Waals surface area contributed by atoms with E-state index in [0.717, 1.165) is 13.0 Å². The average Bonchev–Trinajstić information content (AvgIpc) is 2.79. The van der Waals surface area contributed by atoms with Gasteiger partial charge in [0.15, 0.2) is 9.84 Å². The molecule has 1 aromatic carbocycles. The Kier molecular flexibility index (Phi) is 4.02. The summed E-state index contributed by atoms with van der Waals surface area (Å²) in [5.74, 6) is -0.649. The molecule has 0 saturated heterocycles. The molecule has 0 amide bonds. The van der Waals surface area contributed by atoms with E-state index in [1.165, 1.54) is 18.2 Å². The van der Waals surface area contributed by atoms with Gasteiger partial charge in [-0.3, -0.25) is 0 Å². The van der Waals surface area contributed by atoms with Crippen LogP contribution in [0.3, 0.4) is 0 Å². The van der Waals surface area contributed by atoms with E-state index in [-0.39, 0.29) is 10.9 Å². The molecule has 1 saturated carbocycles. The van der Waals surface area contributed by atoms with Crippen LogP contribution in [0.4, 0.5) is 4.39 Å². The summed E-state index contributed by atoms with van der Waals surface area (Å²) in [6.07, 6.45) is 2.02. The standard InChI is InChI=1S/C13H18FNO2S/c1-2-15-10-7-8-11(9-10)18(16,17)13-6-4-3-5-12(13)14/h3-6,10-11,15H,2,7-9H2,1H3. The van der Waals surface area contributed by atoms with Gasteiger partial charge in [0, 0.05) is 6.04 Å². The number of halogens is 1. The van der Waals surface area contributed by atoms with Crippen molar-refractivity contribution in [3.8, 4) is 0 Å². The molecule has 1 N–H and O–H groups in total. The van der Waals surface area contributed by atoms with Crippen LogP contribution in [0.25, 0.3) is 0 Å². The van der Waals surface area contributed by atoms with Crippen LogP contribution in [0.2, 0.25) is 0 Å². The molecule has 2 atom stereocenters. The van der Waals surface area contributed by atoms with Gasteiger partial charge in [0.25, 0.3) is 0 Å². The van der Waals surface area contributed by atoms with Gasteiger partial charge in [-0.1, -0.05) is 19.1 Å². The minimum Gasteiger partial charge on any atom is -0.314 e. The Morgan fingerprint density at radius 1 is 1.33 bits per heavy atom. The Hall–Kier alpha value is -0.940. The number of sulfone groups is 1. The number of hydrogen-bond donors (Lipinski definition) is 1. The molecule has 100 valence electrons. The molecule has 0 spiro atoms. The van der Waals surface area contributed by atoms with Crippen molar-refractivity contribution in [3.05, 3.63) is 30.1 Å². The van der Waals surface area contributed by atoms with E-state index in [2.05, 4.69) is 5.32 Å². The summed E-state index contributed by atoms with van der Waals surface area (Å²) in [7, 11) is -3.54. The van der Waals surface area contributed by atoms with Gasteiger partial charge in [-0.05, 0) is 37.9 Å². The summed E-state index contributed by atoms with van der Waals surface area (Å²) in [6, 6.07) is 5.85. The molecule has 3 nitrogen and oxygen atoms in total. The van der Waals surface area contributed by atoms with E-state index in [1.54, 1.807) is 6.07 Å². The van der Waals surface area contributed by atoms with Gasteiger partial charge in [0.05, 0.1) is 5.25 Å². The maximum absolute atomic E-state index is 13.6. The Balaban J connectivity index is 2.21. The Labute approximate surface area is 107 Å². The molecule has 0 aliphatic heterocycles. The smallest absolute Gasteiger partial charge is 0.184 e. The van der Waals surface area contributed by atoms with Gasteiger partial charge in [-0.2, -0.15) is 0 Å². The molecular weight excluding hydrogens is 253 g/mol. The van der Waals surface area contributed by atoms with Crippen LogP contribution < -0.4 is 5.32 Å². The van der Waals surface area contributed by atoms with Gasteiger partial charge in [-0.15, -0.1) is 0 Å². The lowest BCUT2D eigenvalue weighted by atomic mass is 10.2. The van der Waals surface area contributed by atoms with Crippen molar-refractivity contribution in [3.63, 3.8) is 0 Å². The predicted molar refractivity (Wildman–Crippen MR) is 68.7 cm³/mol. The highest BCUT2D eigenvalue weighted by Crippen LogP contribution is 2.30. The van der Waals surface area contributed by atoms with Crippen molar-refractivity contribution >= 4 is 9.84 Å². The summed E-state index contributed by atoms with van der Waals surface area (Å²) in [5, 5.41) is 2.79. The molecule has 0 heterocycles. The quantitative estimate of drug-likeness (QED) is 0.912. The highest BCUT2D eigenvalue weighted by atomic mass is 32.2. The molecule has 1 aliphatic carbocycles. The van der Waals surface area contributed by atoms with E-state index in [9.17, 15) is 12.8 Å². The molecule has 0 aromatic heterocycles. The first-order chi connectivity index (χ1) is 8.55. The topological polar surface area (TPSA) is 46.2 Å². The SMILES string of the molecule is CCNC1CCC(S(=O)(=O)c2ccccc2F)C1. The second-order valence-electron chi connectivity index (χ2n) is 4.67. The fourth-order valence-corrected chi connectivity index (χ4v) is 4.45. The van der Waals surface area contributed by atoms with E-state index in [1.807, 2.05) is 6.92 Å². The summed E-state index contributed by atoms with van der Waals surface area (Å²) < 4.78 is 38.3. The average molecular weight is 271 g/mol. The van der Waals surface area contributed by atoms with Gasteiger partial charge < -0.3 is 5.32 Å². The van der Waals surface area contributed by atoms with Crippen LogP contribution in [0.5, 0.6) is 0 Å². The Morgan fingerprint density at radius 2 is 2.06 bits per heavy atom. The van der Waals surface area contributed by atoms with E-state index < -0.39 is 20.9 Å². The van der Waals surface area contributed by atoms with Crippen LogP contribution in [0.15, 0.2) is 29.2 Å². The largest absolute Gasteiger partial charge is 0.314 e. The molecule has 5 heteroatoms. The molecule has 2 rings (SSSR count). The zero-order valence-electron chi connectivity index (χ0n) is 10.4. The first kappa shape index (κ1) is 13.5. The maximum Gasteiger partial charge on any atom is 0.184 e. The Bertz CT molecular complexity index is 515. The molecule has 0 bridgehead atoms. The molecular formula is C13H18FNO2S. The van der Waals surface area contributed by atoms with Gasteiger partial charge >= 0.3 is 0 Å². The fraction of sp³-hybridized carbons (Fsp3) is 0.538. The van der Waals surface area contributed by atoms with Gasteiger partial charge in [0.2, 0.25) is 0 Å². The second kappa shape index (κ2) is 5.36. The third-order valence-corrected chi connectivity index (χ3v) is 5.71. The first-order valence-corrected chi connectivity index (χ1v) is 7.82. The zero-order chi connectivity index (χ0) is 13.2. The lowest BCUT2D eigenvalue weighted by Crippen LogP contribution is -2.28. The van der Waals surface area contributed by atoms with E-state index >= 15 is 0 Å². The van der Waals surface area contributed by atoms with Crippen LogP contribution in [0, 0.1) is 5.82 Å². The van der Waals surface area contributed by atoms with Crippen LogP contribution >= 0.6 is 0 Å².